The molecule has 0 bridgehead atoms. The number of halogens is 1. The summed E-state index contributed by atoms with van der Waals surface area (Å²) in [5, 5.41) is 15.7. The van der Waals surface area contributed by atoms with Crippen LogP contribution in [-0.2, 0) is 0 Å². The quantitative estimate of drug-likeness (QED) is 0.799. The van der Waals surface area contributed by atoms with E-state index < -0.39 is 0 Å². The third kappa shape index (κ3) is 4.79. The second kappa shape index (κ2) is 7.52. The number of carbonyl (C=O) groups excluding carboxylic acids is 1. The minimum atomic E-state index is -0.264. The first-order valence-corrected chi connectivity index (χ1v) is 7.64. The Kier molecular flexibility index (Phi) is 5.70. The van der Waals surface area contributed by atoms with Crippen LogP contribution < -0.4 is 15.4 Å². The Bertz CT molecular complexity index is 488. The van der Waals surface area contributed by atoms with Crippen LogP contribution in [0, 0.1) is 0 Å². The van der Waals surface area contributed by atoms with Gasteiger partial charge in [0.05, 0.1) is 18.4 Å². The molecule has 1 saturated carbocycles. The minimum absolute atomic E-state index is 0.108. The van der Waals surface area contributed by atoms with Crippen molar-refractivity contribution >= 4 is 23.3 Å². The number of ether oxygens (including phenoxy) is 1. The molecule has 0 heterocycles. The molecule has 1 aromatic rings. The lowest BCUT2D eigenvalue weighted by atomic mass is 9.93. The molecule has 116 valence electrons. The third-order valence-corrected chi connectivity index (χ3v) is 3.76. The van der Waals surface area contributed by atoms with Crippen molar-refractivity contribution in [2.75, 3.05) is 11.9 Å². The average Bonchev–Trinajstić information content (AvgIpc) is 2.45. The van der Waals surface area contributed by atoms with E-state index in [0.29, 0.717) is 23.1 Å². The Morgan fingerprint density at radius 1 is 1.38 bits per heavy atom. The first-order chi connectivity index (χ1) is 10.1. The van der Waals surface area contributed by atoms with Crippen LogP contribution in [0.4, 0.5) is 10.5 Å². The van der Waals surface area contributed by atoms with Crippen LogP contribution >= 0.6 is 11.6 Å². The molecule has 0 aromatic heterocycles. The molecule has 0 spiro atoms. The number of hydrogen-bond donors (Lipinski definition) is 3. The van der Waals surface area contributed by atoms with Gasteiger partial charge in [0.2, 0.25) is 0 Å². The molecular formula is C15H21ClN2O3. The Morgan fingerprint density at radius 2 is 2.10 bits per heavy atom. The largest absolute Gasteiger partial charge is 0.492 e. The van der Waals surface area contributed by atoms with E-state index in [1.165, 1.54) is 0 Å². The molecule has 0 atom stereocenters. The number of amides is 2. The zero-order valence-electron chi connectivity index (χ0n) is 12.1. The molecule has 21 heavy (non-hydrogen) atoms. The summed E-state index contributed by atoms with van der Waals surface area (Å²) >= 11 is 5.93. The van der Waals surface area contributed by atoms with Gasteiger partial charge in [-0.3, -0.25) is 0 Å². The highest BCUT2D eigenvalue weighted by Gasteiger charge is 2.21. The van der Waals surface area contributed by atoms with E-state index >= 15 is 0 Å². The van der Waals surface area contributed by atoms with Crippen molar-refractivity contribution in [3.63, 3.8) is 0 Å². The maximum absolute atomic E-state index is 12.0. The lowest BCUT2D eigenvalue weighted by Gasteiger charge is -2.26. The molecule has 0 radical (unpaired) electrons. The van der Waals surface area contributed by atoms with Crippen molar-refractivity contribution in [2.24, 2.45) is 0 Å². The van der Waals surface area contributed by atoms with Crippen molar-refractivity contribution in [3.8, 4) is 5.75 Å². The summed E-state index contributed by atoms with van der Waals surface area (Å²) < 4.78 is 5.46. The molecule has 0 saturated heterocycles. The molecule has 0 aliphatic heterocycles. The monoisotopic (exact) mass is 312 g/mol. The fourth-order valence-electron chi connectivity index (χ4n) is 2.44. The van der Waals surface area contributed by atoms with E-state index in [1.807, 2.05) is 6.92 Å². The fourth-order valence-corrected chi connectivity index (χ4v) is 2.60. The van der Waals surface area contributed by atoms with Gasteiger partial charge < -0.3 is 20.5 Å². The van der Waals surface area contributed by atoms with Crippen molar-refractivity contribution in [1.82, 2.24) is 5.32 Å². The van der Waals surface area contributed by atoms with Gasteiger partial charge in [-0.05, 0) is 44.7 Å². The smallest absolute Gasteiger partial charge is 0.319 e. The summed E-state index contributed by atoms with van der Waals surface area (Å²) in [6.07, 6.45) is 2.83. The number of nitrogens with one attached hydrogen (secondary N) is 2. The number of urea groups is 1. The molecular weight excluding hydrogens is 292 g/mol. The zero-order chi connectivity index (χ0) is 15.2. The summed E-state index contributed by atoms with van der Waals surface area (Å²) in [6, 6.07) is 4.95. The van der Waals surface area contributed by atoms with Crippen LogP contribution in [0.25, 0.3) is 0 Å². The van der Waals surface area contributed by atoms with Gasteiger partial charge in [0.15, 0.2) is 0 Å². The minimum Gasteiger partial charge on any atom is -0.492 e. The topological polar surface area (TPSA) is 70.6 Å². The van der Waals surface area contributed by atoms with Gasteiger partial charge in [0.25, 0.3) is 0 Å². The molecule has 1 aliphatic carbocycles. The normalized spacial score (nSPS) is 21.7. The van der Waals surface area contributed by atoms with E-state index in [1.54, 1.807) is 18.2 Å². The summed E-state index contributed by atoms with van der Waals surface area (Å²) in [5.74, 6) is 0.555. The SMILES string of the molecule is CCOc1cc(Cl)ccc1NC(=O)NC1CCC(O)CC1. The molecule has 2 rings (SSSR count). The zero-order valence-corrected chi connectivity index (χ0v) is 12.8. The van der Waals surface area contributed by atoms with Gasteiger partial charge in [0.1, 0.15) is 5.75 Å². The summed E-state index contributed by atoms with van der Waals surface area (Å²) in [6.45, 7) is 2.37. The molecule has 6 heteroatoms. The summed E-state index contributed by atoms with van der Waals surface area (Å²) in [5.41, 5.74) is 0.592. The number of rotatable bonds is 4. The second-order valence-corrected chi connectivity index (χ2v) is 5.61. The van der Waals surface area contributed by atoms with Crippen molar-refractivity contribution in [3.05, 3.63) is 23.2 Å². The number of aliphatic hydroxyl groups is 1. The van der Waals surface area contributed by atoms with Crippen molar-refractivity contribution < 1.29 is 14.6 Å². The highest BCUT2D eigenvalue weighted by Crippen LogP contribution is 2.28. The molecule has 0 unspecified atom stereocenters. The Labute approximate surface area is 129 Å². The van der Waals surface area contributed by atoms with Crippen LogP contribution in [0.3, 0.4) is 0 Å². The molecule has 5 nitrogen and oxygen atoms in total. The van der Waals surface area contributed by atoms with E-state index in [4.69, 9.17) is 16.3 Å². The Balaban J connectivity index is 1.93. The lowest BCUT2D eigenvalue weighted by molar-refractivity contribution is 0.118. The highest BCUT2D eigenvalue weighted by atomic mass is 35.5. The van der Waals surface area contributed by atoms with Gasteiger partial charge in [-0.1, -0.05) is 11.6 Å². The number of anilines is 1. The molecule has 1 fully saturated rings. The molecule has 1 aliphatic rings. The highest BCUT2D eigenvalue weighted by molar-refractivity contribution is 6.30. The van der Waals surface area contributed by atoms with Gasteiger partial charge in [-0.2, -0.15) is 0 Å². The van der Waals surface area contributed by atoms with Gasteiger partial charge >= 0.3 is 6.03 Å². The van der Waals surface area contributed by atoms with E-state index in [2.05, 4.69) is 10.6 Å². The van der Waals surface area contributed by atoms with Crippen LogP contribution in [0.1, 0.15) is 32.6 Å². The predicted molar refractivity (Wildman–Crippen MR) is 83.0 cm³/mol. The van der Waals surface area contributed by atoms with Gasteiger partial charge in [0, 0.05) is 17.1 Å². The molecule has 1 aromatic carbocycles. The Hall–Kier alpha value is -1.46. The summed E-state index contributed by atoms with van der Waals surface area (Å²) in [7, 11) is 0. The maximum atomic E-state index is 12.0. The van der Waals surface area contributed by atoms with E-state index in [-0.39, 0.29) is 18.2 Å². The van der Waals surface area contributed by atoms with Crippen molar-refractivity contribution in [2.45, 2.75) is 44.8 Å². The number of aliphatic hydroxyl groups excluding tert-OH is 1. The maximum Gasteiger partial charge on any atom is 0.319 e. The molecule has 2 amide bonds. The van der Waals surface area contributed by atoms with Crippen LogP contribution in [0.15, 0.2) is 18.2 Å². The first kappa shape index (κ1) is 15.9. The van der Waals surface area contributed by atoms with Crippen LogP contribution in [0.2, 0.25) is 5.02 Å². The van der Waals surface area contributed by atoms with Crippen LogP contribution in [0.5, 0.6) is 5.75 Å². The Morgan fingerprint density at radius 3 is 2.76 bits per heavy atom. The van der Waals surface area contributed by atoms with Gasteiger partial charge in [-0.15, -0.1) is 0 Å². The standard InChI is InChI=1S/C15H21ClN2O3/c1-2-21-14-9-10(16)3-8-13(14)18-15(20)17-11-4-6-12(19)7-5-11/h3,8-9,11-12,19H,2,4-7H2,1H3,(H2,17,18,20). The number of benzene rings is 1. The lowest BCUT2D eigenvalue weighted by Crippen LogP contribution is -2.40. The predicted octanol–water partition coefficient (Wildman–Crippen LogP) is 3.16. The molecule has 3 N–H and O–H groups in total. The number of hydrogen-bond acceptors (Lipinski definition) is 3. The van der Waals surface area contributed by atoms with E-state index in [9.17, 15) is 9.90 Å². The van der Waals surface area contributed by atoms with Crippen molar-refractivity contribution in [1.29, 1.82) is 0 Å². The fraction of sp³-hybridized carbons (Fsp3) is 0.533. The van der Waals surface area contributed by atoms with Gasteiger partial charge in [-0.25, -0.2) is 4.79 Å². The summed E-state index contributed by atoms with van der Waals surface area (Å²) in [4.78, 5) is 12.0. The third-order valence-electron chi connectivity index (χ3n) is 3.52. The average molecular weight is 313 g/mol. The number of carbonyl (C=O) groups is 1. The van der Waals surface area contributed by atoms with Crippen LogP contribution in [-0.4, -0.2) is 29.9 Å². The second-order valence-electron chi connectivity index (χ2n) is 5.18. The van der Waals surface area contributed by atoms with E-state index in [0.717, 1.165) is 25.7 Å². The first-order valence-electron chi connectivity index (χ1n) is 7.26.